The second kappa shape index (κ2) is 8.22. The summed E-state index contributed by atoms with van der Waals surface area (Å²) in [6.07, 6.45) is 1.65. The number of halogens is 1. The quantitative estimate of drug-likeness (QED) is 0.704. The van der Waals surface area contributed by atoms with Gasteiger partial charge in [-0.15, -0.1) is 5.10 Å². The molecule has 1 saturated heterocycles. The molecule has 1 fully saturated rings. The average Bonchev–Trinajstić information content (AvgIpc) is 3.16. The monoisotopic (exact) mass is 400 g/mol. The minimum Gasteiger partial charge on any atom is -0.379 e. The van der Waals surface area contributed by atoms with Gasteiger partial charge in [0.1, 0.15) is 0 Å². The molecule has 1 aromatic carbocycles. The van der Waals surface area contributed by atoms with Crippen LogP contribution in [0.1, 0.15) is 27.9 Å². The Hall–Kier alpha value is -2.55. The zero-order valence-corrected chi connectivity index (χ0v) is 16.3. The van der Waals surface area contributed by atoms with Gasteiger partial charge in [-0.25, -0.2) is 9.50 Å². The molecule has 1 amide bonds. The molecule has 2 aromatic heterocycles. The zero-order chi connectivity index (χ0) is 19.5. The number of fused-ring (bicyclic) bond motifs is 1. The van der Waals surface area contributed by atoms with Crippen LogP contribution in [0.5, 0.6) is 0 Å². The number of aromatic nitrogens is 4. The van der Waals surface area contributed by atoms with E-state index in [-0.39, 0.29) is 17.8 Å². The van der Waals surface area contributed by atoms with Gasteiger partial charge in [-0.1, -0.05) is 23.7 Å². The maximum Gasteiger partial charge on any atom is 0.291 e. The predicted octanol–water partition coefficient (Wildman–Crippen LogP) is 1.89. The number of benzene rings is 1. The van der Waals surface area contributed by atoms with Gasteiger partial charge in [-0.05, 0) is 30.7 Å². The molecule has 0 radical (unpaired) electrons. The molecular formula is C19H21ClN6O2. The molecule has 0 bridgehead atoms. The molecule has 1 N–H and O–H groups in total. The lowest BCUT2D eigenvalue weighted by molar-refractivity contribution is 0.0162. The third-order valence-corrected chi connectivity index (χ3v) is 5.08. The van der Waals surface area contributed by atoms with Crippen molar-refractivity contribution < 1.29 is 9.53 Å². The molecule has 1 atom stereocenters. The van der Waals surface area contributed by atoms with Crippen molar-refractivity contribution in [1.82, 2.24) is 29.8 Å². The third-order valence-electron chi connectivity index (χ3n) is 4.83. The van der Waals surface area contributed by atoms with E-state index >= 15 is 0 Å². The summed E-state index contributed by atoms with van der Waals surface area (Å²) in [7, 11) is 0. The maximum absolute atomic E-state index is 12.7. The number of carbonyl (C=O) groups excluding carboxylic acids is 1. The van der Waals surface area contributed by atoms with Crippen molar-refractivity contribution in [2.75, 3.05) is 32.8 Å². The van der Waals surface area contributed by atoms with Gasteiger partial charge in [-0.2, -0.15) is 4.98 Å². The van der Waals surface area contributed by atoms with Gasteiger partial charge < -0.3 is 10.1 Å². The molecule has 28 heavy (non-hydrogen) atoms. The summed E-state index contributed by atoms with van der Waals surface area (Å²) >= 11 is 6.03. The lowest BCUT2D eigenvalue weighted by Gasteiger charge is -2.34. The lowest BCUT2D eigenvalue weighted by Crippen LogP contribution is -2.44. The standard InChI is InChI=1S/C19H21ClN6O2/c1-13-6-7-21-19-23-17(24-26(13)19)18(27)22-12-16(25-8-10-28-11-9-25)14-2-4-15(20)5-3-14/h2-7,16H,8-12H2,1H3,(H,22,27). The topological polar surface area (TPSA) is 84.7 Å². The van der Waals surface area contributed by atoms with Crippen molar-refractivity contribution in [3.8, 4) is 0 Å². The average molecular weight is 401 g/mol. The van der Waals surface area contributed by atoms with Crippen LogP contribution >= 0.6 is 11.6 Å². The molecule has 9 heteroatoms. The van der Waals surface area contributed by atoms with Gasteiger partial charge in [0.05, 0.1) is 19.3 Å². The first kappa shape index (κ1) is 18.8. The van der Waals surface area contributed by atoms with Gasteiger partial charge in [0.25, 0.3) is 11.7 Å². The summed E-state index contributed by atoms with van der Waals surface area (Å²) in [5, 5.41) is 7.92. The molecule has 1 aliphatic rings. The Balaban J connectivity index is 1.51. The number of nitrogens with one attached hydrogen (secondary N) is 1. The van der Waals surface area contributed by atoms with Crippen LogP contribution in [0.25, 0.3) is 5.78 Å². The van der Waals surface area contributed by atoms with E-state index in [9.17, 15) is 4.79 Å². The van der Waals surface area contributed by atoms with Crippen molar-refractivity contribution >= 4 is 23.3 Å². The van der Waals surface area contributed by atoms with E-state index < -0.39 is 0 Å². The third kappa shape index (κ3) is 3.99. The van der Waals surface area contributed by atoms with E-state index in [1.807, 2.05) is 37.3 Å². The number of hydrogen-bond acceptors (Lipinski definition) is 6. The fourth-order valence-electron chi connectivity index (χ4n) is 3.30. The Labute approximate surface area is 167 Å². The molecule has 1 unspecified atom stereocenters. The van der Waals surface area contributed by atoms with Crippen LogP contribution in [0.3, 0.4) is 0 Å². The van der Waals surface area contributed by atoms with Crippen LogP contribution in [0.4, 0.5) is 0 Å². The largest absolute Gasteiger partial charge is 0.379 e. The smallest absolute Gasteiger partial charge is 0.291 e. The second-order valence-electron chi connectivity index (χ2n) is 6.66. The van der Waals surface area contributed by atoms with E-state index in [0.717, 1.165) is 24.3 Å². The van der Waals surface area contributed by atoms with Gasteiger partial charge in [0.15, 0.2) is 0 Å². The fourth-order valence-corrected chi connectivity index (χ4v) is 3.43. The lowest BCUT2D eigenvalue weighted by atomic mass is 10.0. The second-order valence-corrected chi connectivity index (χ2v) is 7.10. The molecule has 0 aliphatic carbocycles. The van der Waals surface area contributed by atoms with Crippen LogP contribution in [0.2, 0.25) is 5.02 Å². The number of amides is 1. The van der Waals surface area contributed by atoms with E-state index in [1.54, 1.807) is 10.7 Å². The highest BCUT2D eigenvalue weighted by Crippen LogP contribution is 2.23. The summed E-state index contributed by atoms with van der Waals surface area (Å²) in [6, 6.07) is 9.55. The van der Waals surface area contributed by atoms with Crippen LogP contribution < -0.4 is 5.32 Å². The minimum atomic E-state index is -0.322. The summed E-state index contributed by atoms with van der Waals surface area (Å²) < 4.78 is 7.03. The predicted molar refractivity (Wildman–Crippen MR) is 104 cm³/mol. The van der Waals surface area contributed by atoms with Gasteiger partial charge in [0, 0.05) is 36.5 Å². The minimum absolute atomic E-state index is 0.0157. The van der Waals surface area contributed by atoms with E-state index in [1.165, 1.54) is 0 Å². The van der Waals surface area contributed by atoms with Crippen molar-refractivity contribution in [2.45, 2.75) is 13.0 Å². The molecule has 3 heterocycles. The molecule has 1 aliphatic heterocycles. The van der Waals surface area contributed by atoms with E-state index in [4.69, 9.17) is 16.3 Å². The summed E-state index contributed by atoms with van der Waals surface area (Å²) in [5.41, 5.74) is 1.95. The molecule has 0 spiro atoms. The SMILES string of the molecule is Cc1ccnc2nc(C(=O)NCC(c3ccc(Cl)cc3)N3CCOCC3)nn12. The Bertz CT molecular complexity index is 968. The first-order valence-corrected chi connectivity index (χ1v) is 9.53. The number of morpholine rings is 1. The number of rotatable bonds is 5. The number of hydrogen-bond donors (Lipinski definition) is 1. The molecule has 8 nitrogen and oxygen atoms in total. The van der Waals surface area contributed by atoms with Gasteiger partial charge in [-0.3, -0.25) is 9.69 Å². The molecule has 4 rings (SSSR count). The summed E-state index contributed by atoms with van der Waals surface area (Å²) in [4.78, 5) is 23.3. The molecule has 0 saturated carbocycles. The number of nitrogens with zero attached hydrogens (tertiary/aromatic N) is 5. The number of ether oxygens (including phenoxy) is 1. The van der Waals surface area contributed by atoms with Crippen LogP contribution in [-0.2, 0) is 4.74 Å². The van der Waals surface area contributed by atoms with E-state index in [2.05, 4.69) is 25.3 Å². The zero-order valence-electron chi connectivity index (χ0n) is 15.5. The fraction of sp³-hybridized carbons (Fsp3) is 0.368. The maximum atomic E-state index is 12.7. The Morgan fingerprint density at radius 1 is 1.25 bits per heavy atom. The summed E-state index contributed by atoms with van der Waals surface area (Å²) in [5.74, 6) is 0.198. The van der Waals surface area contributed by atoms with Crippen molar-refractivity contribution in [3.05, 3.63) is 58.6 Å². The van der Waals surface area contributed by atoms with Crippen LogP contribution in [-0.4, -0.2) is 63.2 Å². The Morgan fingerprint density at radius 3 is 2.71 bits per heavy atom. The molecule has 3 aromatic rings. The Kier molecular flexibility index (Phi) is 5.52. The highest BCUT2D eigenvalue weighted by atomic mass is 35.5. The molecule has 146 valence electrons. The molecular weight excluding hydrogens is 380 g/mol. The van der Waals surface area contributed by atoms with Crippen LogP contribution in [0.15, 0.2) is 36.5 Å². The summed E-state index contributed by atoms with van der Waals surface area (Å²) in [6.45, 7) is 5.29. The Morgan fingerprint density at radius 2 is 2.00 bits per heavy atom. The first-order valence-electron chi connectivity index (χ1n) is 9.15. The van der Waals surface area contributed by atoms with Gasteiger partial charge in [0.2, 0.25) is 5.82 Å². The number of carbonyl (C=O) groups is 1. The van der Waals surface area contributed by atoms with Crippen molar-refractivity contribution in [3.63, 3.8) is 0 Å². The van der Waals surface area contributed by atoms with E-state index in [0.29, 0.717) is 30.6 Å². The van der Waals surface area contributed by atoms with Crippen molar-refractivity contribution in [2.24, 2.45) is 0 Å². The highest BCUT2D eigenvalue weighted by Gasteiger charge is 2.24. The van der Waals surface area contributed by atoms with Crippen LogP contribution in [0, 0.1) is 6.92 Å². The highest BCUT2D eigenvalue weighted by molar-refractivity contribution is 6.30. The first-order chi connectivity index (χ1) is 13.6. The van der Waals surface area contributed by atoms with Crippen molar-refractivity contribution in [1.29, 1.82) is 0 Å². The van der Waals surface area contributed by atoms with Gasteiger partial charge >= 0.3 is 0 Å². The number of aryl methyl sites for hydroxylation is 1. The normalized spacial score (nSPS) is 16.2.